The number of rotatable bonds is 2. The molecule has 11 heteroatoms. The molecule has 1 aliphatic heterocycles. The third-order valence-corrected chi connectivity index (χ3v) is 5.04. The van der Waals surface area contributed by atoms with Gasteiger partial charge in [-0.25, -0.2) is 9.97 Å². The van der Waals surface area contributed by atoms with Gasteiger partial charge in [0.05, 0.1) is 5.69 Å². The molecule has 32 heavy (non-hydrogen) atoms. The highest BCUT2D eigenvalue weighted by atomic mass is 19.4. The topological polar surface area (TPSA) is 119 Å². The molecule has 0 amide bonds. The lowest BCUT2D eigenvalue weighted by Crippen LogP contribution is -2.21. The molecule has 1 aliphatic rings. The molecule has 4 N–H and O–H groups in total. The minimum atomic E-state index is -4.60. The predicted molar refractivity (Wildman–Crippen MR) is 113 cm³/mol. The summed E-state index contributed by atoms with van der Waals surface area (Å²) in [5.41, 5.74) is 5.81. The van der Waals surface area contributed by atoms with E-state index in [-0.39, 0.29) is 17.2 Å². The Labute approximate surface area is 181 Å². The van der Waals surface area contributed by atoms with Crippen LogP contribution < -0.4 is 11.1 Å². The number of fused-ring (bicyclic) bond motifs is 1. The van der Waals surface area contributed by atoms with Gasteiger partial charge < -0.3 is 20.6 Å². The molecule has 0 atom stereocenters. The van der Waals surface area contributed by atoms with E-state index in [2.05, 4.69) is 30.4 Å². The van der Waals surface area contributed by atoms with Crippen molar-refractivity contribution in [1.29, 1.82) is 0 Å². The Morgan fingerprint density at radius 2 is 1.88 bits per heavy atom. The maximum absolute atomic E-state index is 13.3. The Kier molecular flexibility index (Phi) is 6.08. The molecule has 0 radical (unpaired) electrons. The smallest absolute Gasteiger partial charge is 0.368 e. The number of nitrogens with two attached hydrogens (primary N) is 1. The van der Waals surface area contributed by atoms with Gasteiger partial charge in [0.2, 0.25) is 17.7 Å². The molecule has 1 saturated heterocycles. The highest BCUT2D eigenvalue weighted by Gasteiger charge is 2.36. The number of H-pyrrole nitrogens is 1. The first kappa shape index (κ1) is 21.8. The molecule has 168 valence electrons. The van der Waals surface area contributed by atoms with Gasteiger partial charge in [-0.15, -0.1) is 0 Å². The van der Waals surface area contributed by atoms with Gasteiger partial charge in [0, 0.05) is 41.3 Å². The predicted octanol–water partition coefficient (Wildman–Crippen LogP) is 4.34. The highest BCUT2D eigenvalue weighted by Crippen LogP contribution is 2.38. The molecule has 8 nitrogen and oxygen atoms in total. The fourth-order valence-electron chi connectivity index (χ4n) is 3.49. The first-order valence-corrected chi connectivity index (χ1v) is 10.2. The van der Waals surface area contributed by atoms with Crippen molar-refractivity contribution in [3.63, 3.8) is 0 Å². The molecule has 0 spiro atoms. The molecule has 0 saturated carbocycles. The summed E-state index contributed by atoms with van der Waals surface area (Å²) in [4.78, 5) is 14.3. The third-order valence-electron chi connectivity index (χ3n) is 5.04. The number of aromatic nitrogens is 5. The zero-order valence-corrected chi connectivity index (χ0v) is 17.3. The highest BCUT2D eigenvalue weighted by molar-refractivity contribution is 5.97. The van der Waals surface area contributed by atoms with Crippen LogP contribution in [0.15, 0.2) is 35.1 Å². The summed E-state index contributed by atoms with van der Waals surface area (Å²) in [7, 11) is 0. The van der Waals surface area contributed by atoms with Crippen LogP contribution in [0.3, 0.4) is 0 Å². The van der Waals surface area contributed by atoms with Gasteiger partial charge >= 0.3 is 6.18 Å². The number of alkyl halides is 3. The van der Waals surface area contributed by atoms with Gasteiger partial charge in [-0.3, -0.25) is 0 Å². The van der Waals surface area contributed by atoms with Gasteiger partial charge in [-0.2, -0.15) is 18.2 Å². The minimum Gasteiger partial charge on any atom is -0.368 e. The van der Waals surface area contributed by atoms with Crippen LogP contribution in [-0.2, 0) is 6.18 Å². The molecule has 1 aromatic carbocycles. The number of hydrogen-bond acceptors (Lipinski definition) is 7. The van der Waals surface area contributed by atoms with E-state index in [9.17, 15) is 13.2 Å². The number of aryl methyl sites for hydroxylation is 1. The number of aromatic amines is 1. The summed E-state index contributed by atoms with van der Waals surface area (Å²) < 4.78 is 44.9. The molecule has 5 rings (SSSR count). The quantitative estimate of drug-likeness (QED) is 0.420. The zero-order chi connectivity index (χ0) is 22.7. The second-order valence-corrected chi connectivity index (χ2v) is 7.40. The fraction of sp³-hybridized carbons (Fsp3) is 0.333. The van der Waals surface area contributed by atoms with E-state index in [1.165, 1.54) is 38.5 Å². The molecule has 0 unspecified atom stereocenters. The van der Waals surface area contributed by atoms with Gasteiger partial charge in [-0.1, -0.05) is 23.7 Å². The van der Waals surface area contributed by atoms with Crippen LogP contribution in [-0.4, -0.2) is 38.2 Å². The molecular formula is C21H22F3N7O. The number of benzene rings is 1. The second-order valence-electron chi connectivity index (χ2n) is 7.40. The third kappa shape index (κ3) is 4.72. The Bertz CT molecular complexity index is 1200. The summed E-state index contributed by atoms with van der Waals surface area (Å²) in [5, 5.41) is 7.67. The summed E-state index contributed by atoms with van der Waals surface area (Å²) in [6, 6.07) is 5.09. The van der Waals surface area contributed by atoms with E-state index in [0.717, 1.165) is 0 Å². The molecule has 4 aromatic rings. The first-order valence-electron chi connectivity index (χ1n) is 10.2. The SMILES string of the molecule is C1CCNCC1.Cc1nc(-c2ccc3c(-c4nc(N)ncc4C(F)(F)F)c[nH]c3c2)no1. The normalized spacial score (nSPS) is 14.2. The lowest BCUT2D eigenvalue weighted by molar-refractivity contribution is -0.137. The van der Waals surface area contributed by atoms with Gasteiger partial charge in [0.1, 0.15) is 5.56 Å². The lowest BCUT2D eigenvalue weighted by atomic mass is 10.0. The van der Waals surface area contributed by atoms with Crippen LogP contribution in [0, 0.1) is 6.92 Å². The standard InChI is InChI=1S/C16H11F3N6O.C5H11N/c1-7-23-14(25-26-7)8-2-3-9-10(5-21-12(9)4-8)13-11(16(17,18)19)6-22-15(20)24-13;1-2-4-6-5-3-1/h2-6,21H,1H3,(H2,20,22,24);6H,1-5H2. The van der Waals surface area contributed by atoms with Crippen LogP contribution in [0.4, 0.5) is 19.1 Å². The van der Waals surface area contributed by atoms with E-state index in [0.29, 0.717) is 34.4 Å². The average molecular weight is 445 g/mol. The van der Waals surface area contributed by atoms with E-state index in [4.69, 9.17) is 10.3 Å². The van der Waals surface area contributed by atoms with Crippen molar-refractivity contribution in [3.05, 3.63) is 42.0 Å². The number of anilines is 1. The number of halogens is 3. The zero-order valence-electron chi connectivity index (χ0n) is 17.3. The van der Waals surface area contributed by atoms with Crippen molar-refractivity contribution in [3.8, 4) is 22.6 Å². The van der Waals surface area contributed by atoms with Crippen LogP contribution >= 0.6 is 0 Å². The Morgan fingerprint density at radius 1 is 1.09 bits per heavy atom. The molecule has 4 heterocycles. The van der Waals surface area contributed by atoms with Gasteiger partial charge in [-0.05, 0) is 32.0 Å². The van der Waals surface area contributed by atoms with Crippen LogP contribution in [0.5, 0.6) is 0 Å². The molecule has 3 aromatic heterocycles. The lowest BCUT2D eigenvalue weighted by Gasteiger charge is -2.11. The van der Waals surface area contributed by atoms with E-state index in [1.807, 2.05) is 0 Å². The Morgan fingerprint density at radius 3 is 2.47 bits per heavy atom. The molecule has 0 aliphatic carbocycles. The summed E-state index contributed by atoms with van der Waals surface area (Å²) in [5.74, 6) is 0.572. The minimum absolute atomic E-state index is 0.235. The number of nitrogen functional groups attached to an aromatic ring is 1. The summed E-state index contributed by atoms with van der Waals surface area (Å²) >= 11 is 0. The summed E-state index contributed by atoms with van der Waals surface area (Å²) in [6.07, 6.45) is 1.75. The maximum Gasteiger partial charge on any atom is 0.419 e. The first-order chi connectivity index (χ1) is 15.3. The number of nitrogens with one attached hydrogen (secondary N) is 2. The van der Waals surface area contributed by atoms with Gasteiger partial charge in [0.15, 0.2) is 0 Å². The van der Waals surface area contributed by atoms with Crippen LogP contribution in [0.1, 0.15) is 30.7 Å². The monoisotopic (exact) mass is 445 g/mol. The van der Waals surface area contributed by atoms with Crippen molar-refractivity contribution >= 4 is 16.9 Å². The Balaban J connectivity index is 0.000000354. The second kappa shape index (κ2) is 8.95. The number of hydrogen-bond donors (Lipinski definition) is 3. The van der Waals surface area contributed by atoms with Crippen molar-refractivity contribution in [2.24, 2.45) is 0 Å². The van der Waals surface area contributed by atoms with Crippen LogP contribution in [0.25, 0.3) is 33.5 Å². The van der Waals surface area contributed by atoms with E-state index in [1.54, 1.807) is 25.1 Å². The summed E-state index contributed by atoms with van der Waals surface area (Å²) in [6.45, 7) is 4.17. The number of piperidine rings is 1. The van der Waals surface area contributed by atoms with Crippen molar-refractivity contribution in [2.45, 2.75) is 32.4 Å². The largest absolute Gasteiger partial charge is 0.419 e. The van der Waals surface area contributed by atoms with Crippen molar-refractivity contribution in [2.75, 3.05) is 18.8 Å². The van der Waals surface area contributed by atoms with Crippen molar-refractivity contribution < 1.29 is 17.7 Å². The maximum atomic E-state index is 13.3. The molecular weight excluding hydrogens is 423 g/mol. The van der Waals surface area contributed by atoms with Crippen LogP contribution in [0.2, 0.25) is 0 Å². The molecule has 1 fully saturated rings. The molecule has 0 bridgehead atoms. The fourth-order valence-corrected chi connectivity index (χ4v) is 3.49. The number of nitrogens with zero attached hydrogens (tertiary/aromatic N) is 4. The van der Waals surface area contributed by atoms with Crippen molar-refractivity contribution in [1.82, 2.24) is 30.4 Å². The van der Waals surface area contributed by atoms with E-state index >= 15 is 0 Å². The average Bonchev–Trinajstić information content (AvgIpc) is 3.40. The van der Waals surface area contributed by atoms with Gasteiger partial charge in [0.25, 0.3) is 0 Å². The van der Waals surface area contributed by atoms with E-state index < -0.39 is 11.7 Å². The Hall–Kier alpha value is -3.47.